The van der Waals surface area contributed by atoms with E-state index in [0.29, 0.717) is 12.0 Å². The van der Waals surface area contributed by atoms with Gasteiger partial charge in [0.15, 0.2) is 5.78 Å². The van der Waals surface area contributed by atoms with Crippen molar-refractivity contribution in [2.45, 2.75) is 6.92 Å². The van der Waals surface area contributed by atoms with Crippen LogP contribution < -0.4 is 0 Å². The van der Waals surface area contributed by atoms with Crippen molar-refractivity contribution in [3.05, 3.63) is 42.0 Å². The number of aldehydes is 1. The van der Waals surface area contributed by atoms with Gasteiger partial charge in [0.25, 0.3) is 0 Å². The smallest absolute Gasteiger partial charge is 0.167 e. The van der Waals surface area contributed by atoms with Crippen LogP contribution in [-0.2, 0) is 14.3 Å². The topological polar surface area (TPSA) is 43.4 Å². The van der Waals surface area contributed by atoms with E-state index >= 15 is 0 Å². The van der Waals surface area contributed by atoms with Crippen LogP contribution in [0, 0.1) is 0 Å². The number of carbonyl (C=O) groups excluding carboxylic acids is 2. The van der Waals surface area contributed by atoms with Gasteiger partial charge >= 0.3 is 0 Å². The molecule has 3 nitrogen and oxygen atoms in total. The third kappa shape index (κ3) is 3.77. The summed E-state index contributed by atoms with van der Waals surface area (Å²) in [5.41, 5.74) is 0.783. The molecule has 0 unspecified atom stereocenters. The van der Waals surface area contributed by atoms with E-state index in [1.165, 1.54) is 13.0 Å². The molecule has 0 aliphatic heterocycles. The lowest BCUT2D eigenvalue weighted by Gasteiger charge is -2.07. The monoisotopic (exact) mass is 204 g/mol. The van der Waals surface area contributed by atoms with Gasteiger partial charge < -0.3 is 4.74 Å². The minimum absolute atomic E-state index is 0.0193. The van der Waals surface area contributed by atoms with Crippen LogP contribution in [0.25, 0.3) is 5.76 Å². The van der Waals surface area contributed by atoms with Gasteiger partial charge in [-0.1, -0.05) is 30.3 Å². The van der Waals surface area contributed by atoms with Crippen LogP contribution in [0.4, 0.5) is 0 Å². The molecule has 0 saturated carbocycles. The number of ketones is 1. The van der Waals surface area contributed by atoms with Crippen LogP contribution in [0.5, 0.6) is 0 Å². The molecule has 0 aromatic heterocycles. The highest BCUT2D eigenvalue weighted by atomic mass is 16.5. The minimum atomic E-state index is -0.0808. The predicted molar refractivity (Wildman–Crippen MR) is 57.1 cm³/mol. The zero-order valence-electron chi connectivity index (χ0n) is 8.47. The molecular weight excluding hydrogens is 192 g/mol. The highest BCUT2D eigenvalue weighted by Crippen LogP contribution is 2.14. The molecule has 0 aliphatic rings. The second kappa shape index (κ2) is 5.75. The molecule has 0 aliphatic carbocycles. The maximum Gasteiger partial charge on any atom is 0.167 e. The number of hydrogen-bond donors (Lipinski definition) is 0. The van der Waals surface area contributed by atoms with Gasteiger partial charge in [-0.2, -0.15) is 0 Å². The van der Waals surface area contributed by atoms with Crippen LogP contribution in [0.15, 0.2) is 36.4 Å². The Morgan fingerprint density at radius 2 is 2.00 bits per heavy atom. The molecule has 1 aromatic carbocycles. The minimum Gasteiger partial charge on any atom is -0.485 e. The molecule has 0 spiro atoms. The van der Waals surface area contributed by atoms with Crippen molar-refractivity contribution in [1.82, 2.24) is 0 Å². The Kier molecular flexibility index (Phi) is 4.29. The fraction of sp³-hybridized carbons (Fsp3) is 0.167. The Labute approximate surface area is 88.4 Å². The van der Waals surface area contributed by atoms with Crippen molar-refractivity contribution >= 4 is 17.8 Å². The van der Waals surface area contributed by atoms with Crippen molar-refractivity contribution in [3.63, 3.8) is 0 Å². The van der Waals surface area contributed by atoms with Gasteiger partial charge in [-0.25, -0.2) is 0 Å². The average molecular weight is 204 g/mol. The average Bonchev–Trinajstić information content (AvgIpc) is 2.25. The summed E-state index contributed by atoms with van der Waals surface area (Å²) in [7, 11) is 0. The summed E-state index contributed by atoms with van der Waals surface area (Å²) < 4.78 is 5.21. The quantitative estimate of drug-likeness (QED) is 0.417. The summed E-state index contributed by atoms with van der Waals surface area (Å²) in [4.78, 5) is 21.1. The van der Waals surface area contributed by atoms with Gasteiger partial charge in [0.1, 0.15) is 18.7 Å². The molecule has 0 fully saturated rings. The number of ether oxygens (including phenoxy) is 1. The van der Waals surface area contributed by atoms with Crippen molar-refractivity contribution in [2.75, 3.05) is 6.61 Å². The first kappa shape index (κ1) is 11.2. The maximum atomic E-state index is 10.7. The molecule has 0 atom stereocenters. The van der Waals surface area contributed by atoms with E-state index in [4.69, 9.17) is 4.74 Å². The van der Waals surface area contributed by atoms with Crippen LogP contribution >= 0.6 is 0 Å². The second-order valence-electron chi connectivity index (χ2n) is 3.02. The number of hydrogen-bond acceptors (Lipinski definition) is 3. The van der Waals surface area contributed by atoms with Gasteiger partial charge in [0.05, 0.1) is 0 Å². The van der Waals surface area contributed by atoms with Crippen LogP contribution in [0.1, 0.15) is 12.5 Å². The van der Waals surface area contributed by atoms with E-state index in [-0.39, 0.29) is 12.4 Å². The fourth-order valence-corrected chi connectivity index (χ4v) is 1.07. The van der Waals surface area contributed by atoms with Crippen LogP contribution in [-0.4, -0.2) is 18.7 Å². The van der Waals surface area contributed by atoms with Crippen LogP contribution in [0.2, 0.25) is 0 Å². The molecule has 0 N–H and O–H groups in total. The number of Topliss-reactive ketones (excluding diaryl/α,β-unsaturated/α-hetero) is 1. The number of carbonyl (C=O) groups is 2. The molecule has 0 saturated heterocycles. The molecule has 15 heavy (non-hydrogen) atoms. The Morgan fingerprint density at radius 3 is 2.53 bits per heavy atom. The lowest BCUT2D eigenvalue weighted by atomic mass is 10.2. The first-order chi connectivity index (χ1) is 7.24. The molecular formula is C12H12O3. The Hall–Kier alpha value is -1.90. The Bertz CT molecular complexity index is 366. The summed E-state index contributed by atoms with van der Waals surface area (Å²) in [5.74, 6) is 0.337. The van der Waals surface area contributed by atoms with Crippen LogP contribution in [0.3, 0.4) is 0 Å². The number of rotatable bonds is 5. The predicted octanol–water partition coefficient (Wildman–Crippen LogP) is 1.83. The molecule has 0 amide bonds. The van der Waals surface area contributed by atoms with Gasteiger partial charge in [0.2, 0.25) is 0 Å². The molecule has 0 radical (unpaired) electrons. The van der Waals surface area contributed by atoms with Crippen molar-refractivity contribution in [3.8, 4) is 0 Å². The van der Waals surface area contributed by atoms with Gasteiger partial charge in [-0.05, 0) is 6.92 Å². The Balaban J connectivity index is 2.80. The standard InChI is InChI=1S/C12H12O3/c1-10(14)9-15-12(7-8-13)11-5-3-2-4-6-11/h2-8H,9H2,1H3. The largest absolute Gasteiger partial charge is 0.485 e. The summed E-state index contributed by atoms with van der Waals surface area (Å²) in [6.07, 6.45) is 1.95. The molecule has 0 heterocycles. The summed E-state index contributed by atoms with van der Waals surface area (Å²) in [6, 6.07) is 9.17. The molecule has 78 valence electrons. The summed E-state index contributed by atoms with van der Waals surface area (Å²) in [5, 5.41) is 0. The van der Waals surface area contributed by atoms with Gasteiger partial charge in [-0.3, -0.25) is 9.59 Å². The lowest BCUT2D eigenvalue weighted by Crippen LogP contribution is -2.03. The number of benzene rings is 1. The fourth-order valence-electron chi connectivity index (χ4n) is 1.07. The third-order valence-electron chi connectivity index (χ3n) is 1.71. The van der Waals surface area contributed by atoms with Gasteiger partial charge in [0, 0.05) is 11.6 Å². The summed E-state index contributed by atoms with van der Waals surface area (Å²) >= 11 is 0. The summed E-state index contributed by atoms with van der Waals surface area (Å²) in [6.45, 7) is 1.41. The molecule has 3 heteroatoms. The Morgan fingerprint density at radius 1 is 1.33 bits per heavy atom. The zero-order chi connectivity index (χ0) is 11.1. The highest BCUT2D eigenvalue weighted by Gasteiger charge is 2.02. The van der Waals surface area contributed by atoms with E-state index < -0.39 is 0 Å². The normalized spacial score (nSPS) is 10.9. The van der Waals surface area contributed by atoms with E-state index in [0.717, 1.165) is 5.56 Å². The van der Waals surface area contributed by atoms with E-state index in [1.54, 1.807) is 0 Å². The van der Waals surface area contributed by atoms with Crippen molar-refractivity contribution < 1.29 is 14.3 Å². The number of allylic oxidation sites excluding steroid dienone is 1. The zero-order valence-corrected chi connectivity index (χ0v) is 8.47. The van der Waals surface area contributed by atoms with Crippen molar-refractivity contribution in [2.24, 2.45) is 0 Å². The SMILES string of the molecule is CC(=O)COC(=CC=O)c1ccccc1. The third-order valence-corrected chi connectivity index (χ3v) is 1.71. The van der Waals surface area contributed by atoms with E-state index in [2.05, 4.69) is 0 Å². The van der Waals surface area contributed by atoms with E-state index in [1.807, 2.05) is 30.3 Å². The highest BCUT2D eigenvalue weighted by molar-refractivity contribution is 5.81. The molecule has 1 rings (SSSR count). The van der Waals surface area contributed by atoms with Gasteiger partial charge in [-0.15, -0.1) is 0 Å². The first-order valence-corrected chi connectivity index (χ1v) is 4.57. The first-order valence-electron chi connectivity index (χ1n) is 4.57. The maximum absolute atomic E-state index is 10.7. The second-order valence-corrected chi connectivity index (χ2v) is 3.02. The van der Waals surface area contributed by atoms with E-state index in [9.17, 15) is 9.59 Å². The molecule has 1 aromatic rings. The lowest BCUT2D eigenvalue weighted by molar-refractivity contribution is -0.119. The van der Waals surface area contributed by atoms with Crippen molar-refractivity contribution in [1.29, 1.82) is 0 Å². The molecule has 0 bridgehead atoms.